The minimum Gasteiger partial charge on any atom is -0.228 e. The van der Waals surface area contributed by atoms with Crippen molar-refractivity contribution in [3.8, 4) is 40.0 Å². The summed E-state index contributed by atoms with van der Waals surface area (Å²) in [4.78, 5) is 9.91. The van der Waals surface area contributed by atoms with Crippen molar-refractivity contribution in [3.05, 3.63) is 96.1 Å². The van der Waals surface area contributed by atoms with Crippen molar-refractivity contribution >= 4 is 0 Å². The van der Waals surface area contributed by atoms with E-state index in [0.29, 0.717) is 16.8 Å². The summed E-state index contributed by atoms with van der Waals surface area (Å²) in [5.41, 5.74) is 7.34. The number of hydrogen-bond acceptors (Lipinski definition) is 3. The molecule has 2 bridgehead atoms. The van der Waals surface area contributed by atoms with E-state index in [-0.39, 0.29) is 0 Å². The average Bonchev–Trinajstić information content (AvgIpc) is 2.92. The van der Waals surface area contributed by atoms with Crippen molar-refractivity contribution in [1.29, 1.82) is 5.26 Å². The summed E-state index contributed by atoms with van der Waals surface area (Å²) in [6.45, 7) is 4.89. The summed E-state index contributed by atoms with van der Waals surface area (Å²) in [5.74, 6) is 3.19. The number of hydrogen-bond donors (Lipinski definition) is 0. The van der Waals surface area contributed by atoms with E-state index in [2.05, 4.69) is 62.4 Å². The highest BCUT2D eigenvalue weighted by atomic mass is 14.9. The van der Waals surface area contributed by atoms with Crippen LogP contribution in [0.1, 0.15) is 57.1 Å². The minimum atomic E-state index is 0.326. The van der Waals surface area contributed by atoms with Crippen molar-refractivity contribution in [2.75, 3.05) is 0 Å². The summed E-state index contributed by atoms with van der Waals surface area (Å²) in [7, 11) is 0. The van der Waals surface area contributed by atoms with Gasteiger partial charge in [-0.05, 0) is 79.0 Å². The number of rotatable bonds is 4. The standard InChI is InChI=1S/C34H33N3/c1-23-16-26-17-24(2)20-34(19-23,21-26)30-14-12-28(13-15-30)32-18-31(27-10-8-25(22-35)9-11-27)36-33(37-32)29-6-4-3-5-7-29/h3-15,18,23-24,26H,16-17,19-21H2,1-2H3/t23-,24+,26-,34?. The zero-order chi connectivity index (χ0) is 25.4. The largest absolute Gasteiger partial charge is 0.228 e. The van der Waals surface area contributed by atoms with Gasteiger partial charge >= 0.3 is 0 Å². The fourth-order valence-corrected chi connectivity index (χ4v) is 7.23. The van der Waals surface area contributed by atoms with Crippen molar-refractivity contribution in [2.45, 2.75) is 51.4 Å². The predicted octanol–water partition coefficient (Wildman–Crippen LogP) is 8.45. The molecule has 0 radical (unpaired) electrons. The van der Waals surface area contributed by atoms with Crippen molar-refractivity contribution in [1.82, 2.24) is 9.97 Å². The van der Waals surface area contributed by atoms with Gasteiger partial charge in [-0.15, -0.1) is 0 Å². The fourth-order valence-electron chi connectivity index (χ4n) is 7.23. The number of benzene rings is 3. The SMILES string of the molecule is C[C@@H]1C[C@@H]2C[C@H](C)CC(c3ccc(-c4cc(-c5ccc(C#N)cc5)nc(-c5ccccc5)n4)cc3)(C1)C2. The first-order chi connectivity index (χ1) is 18.0. The van der Waals surface area contributed by atoms with Crippen molar-refractivity contribution < 1.29 is 0 Å². The Labute approximate surface area is 220 Å². The van der Waals surface area contributed by atoms with Crippen LogP contribution in [-0.2, 0) is 5.41 Å². The van der Waals surface area contributed by atoms with Gasteiger partial charge in [0.15, 0.2) is 5.82 Å². The second-order valence-electron chi connectivity index (χ2n) is 11.5. The lowest BCUT2D eigenvalue weighted by atomic mass is 9.54. The van der Waals surface area contributed by atoms with Gasteiger partial charge in [-0.1, -0.05) is 80.6 Å². The van der Waals surface area contributed by atoms with E-state index in [9.17, 15) is 5.26 Å². The van der Waals surface area contributed by atoms with Crippen LogP contribution in [0.5, 0.6) is 0 Å². The third-order valence-electron chi connectivity index (χ3n) is 8.49. The molecule has 37 heavy (non-hydrogen) atoms. The molecule has 2 saturated carbocycles. The molecular weight excluding hydrogens is 450 g/mol. The molecule has 1 heterocycles. The molecule has 0 aliphatic heterocycles. The Bertz CT molecular complexity index is 1410. The van der Waals surface area contributed by atoms with Gasteiger partial charge < -0.3 is 0 Å². The van der Waals surface area contributed by atoms with Crippen molar-refractivity contribution in [2.24, 2.45) is 17.8 Å². The summed E-state index contributed by atoms with van der Waals surface area (Å²) >= 11 is 0. The fraction of sp³-hybridized carbons (Fsp3) is 0.324. The molecule has 1 aromatic heterocycles. The Balaban J connectivity index is 1.40. The lowest BCUT2D eigenvalue weighted by Gasteiger charge is -2.50. The van der Waals surface area contributed by atoms with E-state index < -0.39 is 0 Å². The van der Waals surface area contributed by atoms with Crippen LogP contribution in [0.25, 0.3) is 33.9 Å². The zero-order valence-electron chi connectivity index (χ0n) is 21.7. The van der Waals surface area contributed by atoms with Gasteiger partial charge in [0.25, 0.3) is 0 Å². The summed E-state index contributed by atoms with van der Waals surface area (Å²) in [6.07, 6.45) is 6.75. The van der Waals surface area contributed by atoms with E-state index in [1.165, 1.54) is 37.7 Å². The van der Waals surface area contributed by atoms with Crippen LogP contribution in [0.4, 0.5) is 0 Å². The maximum absolute atomic E-state index is 9.21. The number of aromatic nitrogens is 2. The Hall–Kier alpha value is -3.77. The van der Waals surface area contributed by atoms with Gasteiger partial charge in [0.1, 0.15) is 0 Å². The monoisotopic (exact) mass is 483 g/mol. The second kappa shape index (κ2) is 9.60. The highest BCUT2D eigenvalue weighted by Gasteiger charge is 2.45. The third-order valence-corrected chi connectivity index (χ3v) is 8.49. The Morgan fingerprint density at radius 2 is 1.27 bits per heavy atom. The summed E-state index contributed by atoms with van der Waals surface area (Å²) < 4.78 is 0. The van der Waals surface area contributed by atoms with Gasteiger partial charge in [-0.3, -0.25) is 0 Å². The van der Waals surface area contributed by atoms with E-state index in [1.54, 1.807) is 0 Å². The molecule has 3 heteroatoms. The molecule has 184 valence electrons. The first-order valence-corrected chi connectivity index (χ1v) is 13.6. The molecule has 6 rings (SSSR count). The Morgan fingerprint density at radius 3 is 1.84 bits per heavy atom. The van der Waals surface area contributed by atoms with E-state index in [0.717, 1.165) is 45.8 Å². The van der Waals surface area contributed by atoms with Crippen LogP contribution < -0.4 is 0 Å². The molecule has 2 aliphatic rings. The maximum atomic E-state index is 9.21. The van der Waals surface area contributed by atoms with Crippen LogP contribution in [-0.4, -0.2) is 9.97 Å². The highest BCUT2D eigenvalue weighted by Crippen LogP contribution is 2.54. The molecule has 3 aromatic carbocycles. The first-order valence-electron chi connectivity index (χ1n) is 13.6. The first kappa shape index (κ1) is 23.6. The number of nitrogens with zero attached hydrogens (tertiary/aromatic N) is 3. The Kier molecular flexibility index (Phi) is 6.13. The highest BCUT2D eigenvalue weighted by molar-refractivity contribution is 5.72. The van der Waals surface area contributed by atoms with Gasteiger partial charge in [0.05, 0.1) is 23.0 Å². The molecule has 1 unspecified atom stereocenters. The molecule has 0 spiro atoms. The zero-order valence-corrected chi connectivity index (χ0v) is 21.7. The summed E-state index contributed by atoms with van der Waals surface area (Å²) in [6, 6.07) is 31.3. The summed E-state index contributed by atoms with van der Waals surface area (Å²) in [5, 5.41) is 9.21. The smallest absolute Gasteiger partial charge is 0.160 e. The van der Waals surface area contributed by atoms with E-state index in [4.69, 9.17) is 9.97 Å². The molecule has 3 nitrogen and oxygen atoms in total. The van der Waals surface area contributed by atoms with Crippen LogP contribution >= 0.6 is 0 Å². The molecule has 0 N–H and O–H groups in total. The Morgan fingerprint density at radius 1 is 0.703 bits per heavy atom. The molecule has 4 aromatic rings. The van der Waals surface area contributed by atoms with Gasteiger partial charge in [0, 0.05) is 16.7 Å². The van der Waals surface area contributed by atoms with E-state index >= 15 is 0 Å². The third kappa shape index (κ3) is 4.69. The van der Waals surface area contributed by atoms with Gasteiger partial charge in [0.2, 0.25) is 0 Å². The van der Waals surface area contributed by atoms with Crippen molar-refractivity contribution in [3.63, 3.8) is 0 Å². The number of nitriles is 1. The quantitative estimate of drug-likeness (QED) is 0.292. The topological polar surface area (TPSA) is 49.6 Å². The predicted molar refractivity (Wildman–Crippen MR) is 150 cm³/mol. The molecule has 0 amide bonds. The molecule has 0 saturated heterocycles. The maximum Gasteiger partial charge on any atom is 0.160 e. The lowest BCUT2D eigenvalue weighted by Crippen LogP contribution is -2.42. The lowest BCUT2D eigenvalue weighted by molar-refractivity contribution is 0.0780. The minimum absolute atomic E-state index is 0.326. The van der Waals surface area contributed by atoms with Crippen LogP contribution in [0, 0.1) is 29.1 Å². The number of fused-ring (bicyclic) bond motifs is 2. The average molecular weight is 484 g/mol. The van der Waals surface area contributed by atoms with Crippen LogP contribution in [0.3, 0.4) is 0 Å². The van der Waals surface area contributed by atoms with Gasteiger partial charge in [-0.25, -0.2) is 9.97 Å². The molecule has 2 aliphatic carbocycles. The second-order valence-corrected chi connectivity index (χ2v) is 11.5. The van der Waals surface area contributed by atoms with E-state index in [1.807, 2.05) is 42.5 Å². The molecule has 2 fully saturated rings. The molecule has 4 atom stereocenters. The van der Waals surface area contributed by atoms with Crippen LogP contribution in [0.15, 0.2) is 84.9 Å². The normalized spacial score (nSPS) is 24.8. The van der Waals surface area contributed by atoms with Crippen LogP contribution in [0.2, 0.25) is 0 Å². The molecular formula is C34H33N3. The van der Waals surface area contributed by atoms with Gasteiger partial charge in [-0.2, -0.15) is 5.26 Å².